The maximum atomic E-state index is 13.2. The molecule has 96 valence electrons. The smallest absolute Gasteiger partial charge is 0.164 e. The quantitative estimate of drug-likeness (QED) is 0.735. The van der Waals surface area contributed by atoms with Gasteiger partial charge in [-0.15, -0.1) is 0 Å². The molecule has 1 aliphatic rings. The molecule has 0 bridgehead atoms. The number of benzene rings is 2. The molecular weight excluding hydrogens is 286 g/mol. The number of carbonyl (C=O) groups is 1. The van der Waals surface area contributed by atoms with Crippen molar-refractivity contribution in [1.29, 1.82) is 0 Å². The molecule has 0 heterocycles. The fourth-order valence-corrected chi connectivity index (χ4v) is 2.81. The molecule has 1 atom stereocenters. The number of ketones is 1. The summed E-state index contributed by atoms with van der Waals surface area (Å²) in [5.74, 6) is -0.495. The Hall–Kier alpha value is -1.38. The van der Waals surface area contributed by atoms with E-state index in [1.165, 1.54) is 12.1 Å². The highest BCUT2D eigenvalue weighted by atomic mass is 35.5. The second-order valence-corrected chi connectivity index (χ2v) is 5.40. The molecule has 1 aliphatic carbocycles. The molecule has 0 amide bonds. The minimum atomic E-state index is -0.387. The van der Waals surface area contributed by atoms with E-state index >= 15 is 0 Å². The number of hydrogen-bond donors (Lipinski definition) is 0. The van der Waals surface area contributed by atoms with E-state index in [-0.39, 0.29) is 17.5 Å². The van der Waals surface area contributed by atoms with E-state index in [0.717, 1.165) is 11.1 Å². The molecule has 0 fully saturated rings. The third-order valence-corrected chi connectivity index (χ3v) is 4.17. The zero-order chi connectivity index (χ0) is 13.6. The Balaban J connectivity index is 2.09. The van der Waals surface area contributed by atoms with Gasteiger partial charge in [-0.3, -0.25) is 4.79 Å². The van der Waals surface area contributed by atoms with Gasteiger partial charge in [-0.2, -0.15) is 0 Å². The summed E-state index contributed by atoms with van der Waals surface area (Å²) < 4.78 is 13.2. The van der Waals surface area contributed by atoms with E-state index < -0.39 is 0 Å². The summed E-state index contributed by atoms with van der Waals surface area (Å²) in [5, 5.41) is 0.941. The molecule has 4 heteroatoms. The van der Waals surface area contributed by atoms with Crippen molar-refractivity contribution in [3.63, 3.8) is 0 Å². The standard InChI is InChI=1S/C15H9Cl2FO/c16-13-4-1-8(5-14(13)17)11-7-15(19)12-6-9(18)2-3-10(11)12/h1-6,11H,7H2/t11-/m0/s1. The molecule has 0 N–H and O–H groups in total. The number of halogens is 3. The number of carbonyl (C=O) groups excluding carboxylic acids is 1. The molecule has 0 saturated heterocycles. The Morgan fingerprint density at radius 3 is 2.58 bits per heavy atom. The van der Waals surface area contributed by atoms with Crippen molar-refractivity contribution in [2.45, 2.75) is 12.3 Å². The zero-order valence-electron chi connectivity index (χ0n) is 9.79. The van der Waals surface area contributed by atoms with Crippen molar-refractivity contribution < 1.29 is 9.18 Å². The van der Waals surface area contributed by atoms with Gasteiger partial charge in [-0.05, 0) is 35.4 Å². The Bertz CT molecular complexity index is 682. The lowest BCUT2D eigenvalue weighted by atomic mass is 9.93. The van der Waals surface area contributed by atoms with Crippen LogP contribution in [-0.4, -0.2) is 5.78 Å². The van der Waals surface area contributed by atoms with Crippen LogP contribution in [0.5, 0.6) is 0 Å². The molecule has 0 radical (unpaired) electrons. The normalized spacial score (nSPS) is 17.6. The fourth-order valence-electron chi connectivity index (χ4n) is 2.51. The van der Waals surface area contributed by atoms with Gasteiger partial charge in [0.05, 0.1) is 10.0 Å². The third-order valence-electron chi connectivity index (χ3n) is 3.43. The van der Waals surface area contributed by atoms with Gasteiger partial charge < -0.3 is 0 Å². The van der Waals surface area contributed by atoms with Crippen LogP contribution in [0.4, 0.5) is 4.39 Å². The molecular formula is C15H9Cl2FO. The van der Waals surface area contributed by atoms with Gasteiger partial charge in [-0.1, -0.05) is 35.3 Å². The van der Waals surface area contributed by atoms with Crippen LogP contribution in [0.1, 0.15) is 33.8 Å². The van der Waals surface area contributed by atoms with Crippen LogP contribution in [0.2, 0.25) is 10.0 Å². The average molecular weight is 295 g/mol. The minimum absolute atomic E-state index is 0.0365. The summed E-state index contributed by atoms with van der Waals surface area (Å²) >= 11 is 11.9. The molecule has 2 aromatic carbocycles. The Morgan fingerprint density at radius 2 is 1.84 bits per heavy atom. The highest BCUT2D eigenvalue weighted by Crippen LogP contribution is 2.39. The lowest BCUT2D eigenvalue weighted by Gasteiger charge is -2.12. The Labute approximate surface area is 120 Å². The van der Waals surface area contributed by atoms with E-state index in [9.17, 15) is 9.18 Å². The lowest BCUT2D eigenvalue weighted by molar-refractivity contribution is 0.0991. The van der Waals surface area contributed by atoms with Crippen molar-refractivity contribution in [3.05, 3.63) is 69.0 Å². The van der Waals surface area contributed by atoms with Gasteiger partial charge in [0.2, 0.25) is 0 Å². The topological polar surface area (TPSA) is 17.1 Å². The predicted octanol–water partition coefficient (Wildman–Crippen LogP) is 4.85. The van der Waals surface area contributed by atoms with Gasteiger partial charge in [0.15, 0.2) is 5.78 Å². The number of rotatable bonds is 1. The number of hydrogen-bond acceptors (Lipinski definition) is 1. The van der Waals surface area contributed by atoms with Crippen LogP contribution in [0, 0.1) is 5.82 Å². The third kappa shape index (κ3) is 2.15. The van der Waals surface area contributed by atoms with Crippen molar-refractivity contribution >= 4 is 29.0 Å². The summed E-state index contributed by atoms with van der Waals surface area (Å²) in [4.78, 5) is 11.9. The largest absolute Gasteiger partial charge is 0.294 e. The number of fused-ring (bicyclic) bond motifs is 1. The molecule has 1 nitrogen and oxygen atoms in total. The van der Waals surface area contributed by atoms with E-state index in [4.69, 9.17) is 23.2 Å². The van der Waals surface area contributed by atoms with Crippen molar-refractivity contribution in [1.82, 2.24) is 0 Å². The molecule has 3 rings (SSSR count). The van der Waals surface area contributed by atoms with E-state index in [1.54, 1.807) is 18.2 Å². The molecule has 0 aliphatic heterocycles. The first-order valence-electron chi connectivity index (χ1n) is 5.84. The van der Waals surface area contributed by atoms with Gasteiger partial charge >= 0.3 is 0 Å². The summed E-state index contributed by atoms with van der Waals surface area (Å²) in [7, 11) is 0. The first kappa shape index (κ1) is 12.6. The first-order valence-corrected chi connectivity index (χ1v) is 6.59. The van der Waals surface area contributed by atoms with Crippen LogP contribution < -0.4 is 0 Å². The monoisotopic (exact) mass is 294 g/mol. The average Bonchev–Trinajstić information content (AvgIpc) is 2.70. The molecule has 2 aromatic rings. The summed E-state index contributed by atoms with van der Waals surface area (Å²) in [6.07, 6.45) is 0.344. The van der Waals surface area contributed by atoms with Crippen LogP contribution in [0.3, 0.4) is 0 Å². The molecule has 0 spiro atoms. The molecule has 0 unspecified atom stereocenters. The SMILES string of the molecule is O=C1C[C@@H](c2ccc(Cl)c(Cl)c2)c2ccc(F)cc21. The minimum Gasteiger partial charge on any atom is -0.294 e. The lowest BCUT2D eigenvalue weighted by Crippen LogP contribution is -1.96. The summed E-state index contributed by atoms with van der Waals surface area (Å²) in [6.45, 7) is 0. The van der Waals surface area contributed by atoms with Crippen LogP contribution in [0.15, 0.2) is 36.4 Å². The number of Topliss-reactive ketones (excluding diaryl/α,β-unsaturated/α-hetero) is 1. The molecule has 0 saturated carbocycles. The van der Waals surface area contributed by atoms with Gasteiger partial charge in [0, 0.05) is 17.9 Å². The van der Waals surface area contributed by atoms with Gasteiger partial charge in [0.1, 0.15) is 5.82 Å². The van der Waals surface area contributed by atoms with Crippen LogP contribution in [-0.2, 0) is 0 Å². The van der Waals surface area contributed by atoms with E-state index in [1.807, 2.05) is 6.07 Å². The van der Waals surface area contributed by atoms with E-state index in [2.05, 4.69) is 0 Å². The highest BCUT2D eigenvalue weighted by molar-refractivity contribution is 6.42. The van der Waals surface area contributed by atoms with Crippen LogP contribution in [0.25, 0.3) is 0 Å². The van der Waals surface area contributed by atoms with Crippen LogP contribution >= 0.6 is 23.2 Å². The van der Waals surface area contributed by atoms with Gasteiger partial charge in [0.25, 0.3) is 0 Å². The second-order valence-electron chi connectivity index (χ2n) is 4.59. The second kappa shape index (κ2) is 4.62. The van der Waals surface area contributed by atoms with Crippen molar-refractivity contribution in [3.8, 4) is 0 Å². The Morgan fingerprint density at radius 1 is 1.05 bits per heavy atom. The summed E-state index contributed by atoms with van der Waals surface area (Å²) in [6, 6.07) is 9.68. The fraction of sp³-hybridized carbons (Fsp3) is 0.133. The Kier molecular flexibility index (Phi) is 3.08. The van der Waals surface area contributed by atoms with E-state index in [0.29, 0.717) is 22.0 Å². The van der Waals surface area contributed by atoms with Crippen molar-refractivity contribution in [2.75, 3.05) is 0 Å². The zero-order valence-corrected chi connectivity index (χ0v) is 11.3. The summed E-state index contributed by atoms with van der Waals surface area (Å²) in [5.41, 5.74) is 2.24. The first-order chi connectivity index (χ1) is 9.06. The maximum Gasteiger partial charge on any atom is 0.164 e. The molecule has 0 aromatic heterocycles. The maximum absolute atomic E-state index is 13.2. The predicted molar refractivity (Wildman–Crippen MR) is 73.7 cm³/mol. The highest BCUT2D eigenvalue weighted by Gasteiger charge is 2.30. The molecule has 19 heavy (non-hydrogen) atoms. The van der Waals surface area contributed by atoms with Gasteiger partial charge in [-0.25, -0.2) is 4.39 Å². The van der Waals surface area contributed by atoms with Crippen molar-refractivity contribution in [2.24, 2.45) is 0 Å².